The summed E-state index contributed by atoms with van der Waals surface area (Å²) >= 11 is 1.70. The highest BCUT2D eigenvalue weighted by Gasteiger charge is 2.00. The molecule has 5 heteroatoms. The number of benzene rings is 1. The van der Waals surface area contributed by atoms with Crippen molar-refractivity contribution in [2.45, 2.75) is 0 Å². The third-order valence-electron chi connectivity index (χ3n) is 2.41. The van der Waals surface area contributed by atoms with Gasteiger partial charge in [-0.25, -0.2) is 4.68 Å². The van der Waals surface area contributed by atoms with Crippen molar-refractivity contribution in [3.8, 4) is 10.4 Å². The van der Waals surface area contributed by atoms with Gasteiger partial charge in [0.1, 0.15) is 12.7 Å². The van der Waals surface area contributed by atoms with Crippen molar-refractivity contribution in [1.29, 1.82) is 0 Å². The quantitative estimate of drug-likeness (QED) is 0.674. The summed E-state index contributed by atoms with van der Waals surface area (Å²) < 4.78 is 1.57. The first-order valence-electron chi connectivity index (χ1n) is 5.46. The molecule has 3 rings (SSSR count). The molecular formula is C13H10N4S. The number of aromatic nitrogens is 3. The van der Waals surface area contributed by atoms with Crippen LogP contribution in [0.15, 0.2) is 60.2 Å². The molecule has 0 N–H and O–H groups in total. The lowest BCUT2D eigenvalue weighted by atomic mass is 10.2. The fourth-order valence-electron chi connectivity index (χ4n) is 1.56. The molecule has 0 spiro atoms. The minimum Gasteiger partial charge on any atom is -0.208 e. The minimum absolute atomic E-state index is 1.10. The third kappa shape index (κ3) is 2.36. The Labute approximate surface area is 108 Å². The van der Waals surface area contributed by atoms with Crippen molar-refractivity contribution in [2.24, 2.45) is 5.10 Å². The highest BCUT2D eigenvalue weighted by Crippen LogP contribution is 2.26. The molecule has 88 valence electrons. The number of nitrogens with zero attached hydrogens (tertiary/aromatic N) is 4. The maximum Gasteiger partial charge on any atom is 0.141 e. The zero-order valence-electron chi connectivity index (χ0n) is 9.47. The molecule has 0 radical (unpaired) electrons. The van der Waals surface area contributed by atoms with Crippen LogP contribution >= 0.6 is 11.3 Å². The van der Waals surface area contributed by atoms with Gasteiger partial charge in [0.15, 0.2) is 0 Å². The van der Waals surface area contributed by atoms with Crippen LogP contribution in [0, 0.1) is 0 Å². The van der Waals surface area contributed by atoms with E-state index in [0.717, 1.165) is 4.88 Å². The topological polar surface area (TPSA) is 43.1 Å². The van der Waals surface area contributed by atoms with Crippen LogP contribution in [0.3, 0.4) is 0 Å². The van der Waals surface area contributed by atoms with Gasteiger partial charge in [0, 0.05) is 9.75 Å². The summed E-state index contributed by atoms with van der Waals surface area (Å²) in [4.78, 5) is 2.34. The molecule has 0 bridgehead atoms. The van der Waals surface area contributed by atoms with Crippen LogP contribution in [0.2, 0.25) is 0 Å². The van der Waals surface area contributed by atoms with Crippen molar-refractivity contribution >= 4 is 17.6 Å². The third-order valence-corrected chi connectivity index (χ3v) is 3.48. The summed E-state index contributed by atoms with van der Waals surface area (Å²) in [6, 6.07) is 14.5. The molecule has 2 aromatic heterocycles. The number of hydrogen-bond acceptors (Lipinski definition) is 4. The Morgan fingerprint density at radius 2 is 1.78 bits per heavy atom. The van der Waals surface area contributed by atoms with Crippen LogP contribution in [0.5, 0.6) is 0 Å². The predicted molar refractivity (Wildman–Crippen MR) is 72.8 cm³/mol. The van der Waals surface area contributed by atoms with Gasteiger partial charge < -0.3 is 0 Å². The van der Waals surface area contributed by atoms with Crippen LogP contribution in [-0.2, 0) is 0 Å². The van der Waals surface area contributed by atoms with E-state index in [1.807, 2.05) is 18.2 Å². The Morgan fingerprint density at radius 1 is 1.00 bits per heavy atom. The predicted octanol–water partition coefficient (Wildman–Crippen LogP) is 2.89. The number of hydrogen-bond donors (Lipinski definition) is 0. The number of rotatable bonds is 3. The Balaban J connectivity index is 1.82. The first-order chi connectivity index (χ1) is 8.92. The monoisotopic (exact) mass is 254 g/mol. The Hall–Kier alpha value is -2.27. The average molecular weight is 254 g/mol. The first kappa shape index (κ1) is 10.9. The summed E-state index contributed by atoms with van der Waals surface area (Å²) in [5.41, 5.74) is 1.23. The Kier molecular flexibility index (Phi) is 2.97. The molecule has 0 aliphatic carbocycles. The van der Waals surface area contributed by atoms with Crippen LogP contribution in [-0.4, -0.2) is 21.1 Å². The van der Waals surface area contributed by atoms with Crippen LogP contribution in [0.25, 0.3) is 10.4 Å². The van der Waals surface area contributed by atoms with E-state index in [1.165, 1.54) is 10.4 Å². The maximum atomic E-state index is 4.22. The second-order valence-electron chi connectivity index (χ2n) is 3.65. The fraction of sp³-hybridized carbons (Fsp3) is 0. The van der Waals surface area contributed by atoms with Crippen LogP contribution < -0.4 is 0 Å². The second kappa shape index (κ2) is 4.93. The maximum absolute atomic E-state index is 4.22. The summed E-state index contributed by atoms with van der Waals surface area (Å²) in [7, 11) is 0. The first-order valence-corrected chi connectivity index (χ1v) is 6.28. The van der Waals surface area contributed by atoms with Crippen molar-refractivity contribution in [3.63, 3.8) is 0 Å². The molecule has 2 heterocycles. The van der Waals surface area contributed by atoms with Gasteiger partial charge in [-0.05, 0) is 17.7 Å². The molecule has 4 nitrogen and oxygen atoms in total. The van der Waals surface area contributed by atoms with E-state index < -0.39 is 0 Å². The molecule has 0 amide bonds. The van der Waals surface area contributed by atoms with Crippen molar-refractivity contribution in [3.05, 3.63) is 60.0 Å². The standard InChI is InChI=1S/C13H10N4S/c1-2-4-11(5-3-1)13-7-6-12(18-13)8-16-17-9-14-15-10-17/h1-10H/b16-8-. The van der Waals surface area contributed by atoms with Crippen molar-refractivity contribution in [2.75, 3.05) is 0 Å². The van der Waals surface area contributed by atoms with Gasteiger partial charge >= 0.3 is 0 Å². The molecular weight excluding hydrogens is 244 g/mol. The SMILES string of the molecule is C(=N/n1cnnc1)/c1ccc(-c2ccccc2)s1. The highest BCUT2D eigenvalue weighted by atomic mass is 32.1. The molecule has 1 aromatic carbocycles. The molecule has 0 saturated carbocycles. The summed E-state index contributed by atoms with van der Waals surface area (Å²) in [6.45, 7) is 0. The van der Waals surface area contributed by atoms with E-state index in [0.29, 0.717) is 0 Å². The van der Waals surface area contributed by atoms with Crippen LogP contribution in [0.4, 0.5) is 0 Å². The lowest BCUT2D eigenvalue weighted by molar-refractivity contribution is 0.879. The summed E-state index contributed by atoms with van der Waals surface area (Å²) in [6.07, 6.45) is 4.92. The van der Waals surface area contributed by atoms with Gasteiger partial charge in [0.2, 0.25) is 0 Å². The molecule has 0 fully saturated rings. The number of thiophene rings is 1. The van der Waals surface area contributed by atoms with E-state index in [2.05, 4.69) is 39.6 Å². The molecule has 0 aliphatic rings. The molecule has 0 atom stereocenters. The van der Waals surface area contributed by atoms with E-state index >= 15 is 0 Å². The lowest BCUT2D eigenvalue weighted by Gasteiger charge is -1.94. The van der Waals surface area contributed by atoms with Crippen molar-refractivity contribution < 1.29 is 0 Å². The van der Waals surface area contributed by atoms with Crippen LogP contribution in [0.1, 0.15) is 4.88 Å². The minimum atomic E-state index is 1.10. The van der Waals surface area contributed by atoms with Gasteiger partial charge in [0.25, 0.3) is 0 Å². The van der Waals surface area contributed by atoms with E-state index in [4.69, 9.17) is 0 Å². The van der Waals surface area contributed by atoms with E-state index in [9.17, 15) is 0 Å². The zero-order chi connectivity index (χ0) is 12.2. The molecule has 0 saturated heterocycles. The van der Waals surface area contributed by atoms with Crippen molar-refractivity contribution in [1.82, 2.24) is 14.9 Å². The Bertz CT molecular complexity index is 641. The summed E-state index contributed by atoms with van der Waals surface area (Å²) in [5.74, 6) is 0. The van der Waals surface area contributed by atoms with Gasteiger partial charge in [-0.3, -0.25) is 0 Å². The summed E-state index contributed by atoms with van der Waals surface area (Å²) in [5, 5.41) is 11.6. The smallest absolute Gasteiger partial charge is 0.141 e. The largest absolute Gasteiger partial charge is 0.208 e. The zero-order valence-corrected chi connectivity index (χ0v) is 10.3. The van der Waals surface area contributed by atoms with Gasteiger partial charge in [-0.1, -0.05) is 30.3 Å². The fourth-order valence-corrected chi connectivity index (χ4v) is 2.44. The van der Waals surface area contributed by atoms with E-state index in [-0.39, 0.29) is 0 Å². The van der Waals surface area contributed by atoms with Gasteiger partial charge in [0.05, 0.1) is 6.21 Å². The van der Waals surface area contributed by atoms with E-state index in [1.54, 1.807) is 34.9 Å². The Morgan fingerprint density at radius 3 is 2.56 bits per heavy atom. The van der Waals surface area contributed by atoms with Gasteiger partial charge in [-0.15, -0.1) is 21.5 Å². The van der Waals surface area contributed by atoms with Gasteiger partial charge in [-0.2, -0.15) is 5.10 Å². The molecule has 0 unspecified atom stereocenters. The normalized spacial score (nSPS) is 11.1. The molecule has 3 aromatic rings. The highest BCUT2D eigenvalue weighted by molar-refractivity contribution is 7.17. The molecule has 18 heavy (non-hydrogen) atoms. The average Bonchev–Trinajstić information content (AvgIpc) is 3.09. The second-order valence-corrected chi connectivity index (χ2v) is 4.77. The molecule has 0 aliphatic heterocycles. The lowest BCUT2D eigenvalue weighted by Crippen LogP contribution is -1.83.